The molecule has 0 amide bonds. The molecule has 0 saturated heterocycles. The molecule has 1 aromatic heterocycles. The molecule has 0 fully saturated rings. The van der Waals surface area contributed by atoms with E-state index in [4.69, 9.17) is 5.11 Å². The summed E-state index contributed by atoms with van der Waals surface area (Å²) in [4.78, 5) is 15.3. The second-order valence-corrected chi connectivity index (χ2v) is 4.78. The summed E-state index contributed by atoms with van der Waals surface area (Å²) in [5.41, 5.74) is 2.37. The van der Waals surface area contributed by atoms with Gasteiger partial charge in [0.2, 0.25) is 0 Å². The van der Waals surface area contributed by atoms with Crippen molar-refractivity contribution in [3.63, 3.8) is 0 Å². The van der Waals surface area contributed by atoms with Crippen LogP contribution in [0.4, 0.5) is 4.39 Å². The molecule has 0 bridgehead atoms. The monoisotopic (exact) mass is 281 g/mol. The summed E-state index contributed by atoms with van der Waals surface area (Å²) < 4.78 is 13.4. The van der Waals surface area contributed by atoms with E-state index in [0.717, 1.165) is 22.0 Å². The van der Waals surface area contributed by atoms with Crippen molar-refractivity contribution in [2.45, 2.75) is 6.42 Å². The van der Waals surface area contributed by atoms with Crippen molar-refractivity contribution < 1.29 is 14.3 Å². The maximum absolute atomic E-state index is 13.4. The first kappa shape index (κ1) is 13.2. The number of aromatic carboxylic acids is 1. The van der Waals surface area contributed by atoms with Gasteiger partial charge in [0.25, 0.3) is 0 Å². The second-order valence-electron chi connectivity index (χ2n) is 4.78. The molecule has 21 heavy (non-hydrogen) atoms. The fourth-order valence-corrected chi connectivity index (χ4v) is 2.38. The first-order valence-electron chi connectivity index (χ1n) is 6.49. The van der Waals surface area contributed by atoms with E-state index in [-0.39, 0.29) is 5.56 Å². The molecule has 0 aliphatic heterocycles. The van der Waals surface area contributed by atoms with Crippen molar-refractivity contribution in [2.24, 2.45) is 0 Å². The zero-order chi connectivity index (χ0) is 14.8. The molecule has 3 rings (SSSR count). The molecule has 0 spiro atoms. The summed E-state index contributed by atoms with van der Waals surface area (Å²) in [6.45, 7) is 0. The topological polar surface area (TPSA) is 50.2 Å². The van der Waals surface area contributed by atoms with E-state index in [0.29, 0.717) is 6.42 Å². The summed E-state index contributed by atoms with van der Waals surface area (Å²) >= 11 is 0. The van der Waals surface area contributed by atoms with Gasteiger partial charge in [-0.15, -0.1) is 0 Å². The molecule has 3 nitrogen and oxygen atoms in total. The Balaban J connectivity index is 2.03. The van der Waals surface area contributed by atoms with Crippen molar-refractivity contribution in [1.29, 1.82) is 0 Å². The van der Waals surface area contributed by atoms with Crippen LogP contribution in [-0.2, 0) is 6.42 Å². The third-order valence-corrected chi connectivity index (χ3v) is 3.40. The number of nitrogens with zero attached hydrogens (tertiary/aromatic N) is 1. The van der Waals surface area contributed by atoms with Crippen LogP contribution >= 0.6 is 0 Å². The number of carboxylic acids is 1. The summed E-state index contributed by atoms with van der Waals surface area (Å²) in [6.07, 6.45) is 2.25. The van der Waals surface area contributed by atoms with Gasteiger partial charge in [-0.2, -0.15) is 0 Å². The molecule has 0 saturated carbocycles. The van der Waals surface area contributed by atoms with Crippen LogP contribution in [0.25, 0.3) is 10.9 Å². The van der Waals surface area contributed by atoms with Crippen molar-refractivity contribution >= 4 is 16.9 Å². The summed E-state index contributed by atoms with van der Waals surface area (Å²) in [7, 11) is 0. The van der Waals surface area contributed by atoms with E-state index >= 15 is 0 Å². The fraction of sp³-hybridized carbons (Fsp3) is 0.0588. The Hall–Kier alpha value is -2.75. The maximum Gasteiger partial charge on any atom is 0.338 e. The highest BCUT2D eigenvalue weighted by Gasteiger charge is 2.11. The average molecular weight is 281 g/mol. The Morgan fingerprint density at radius 3 is 2.76 bits per heavy atom. The maximum atomic E-state index is 13.4. The third kappa shape index (κ3) is 2.60. The molecule has 3 aromatic rings. The molecule has 0 atom stereocenters. The largest absolute Gasteiger partial charge is 0.478 e. The fourth-order valence-electron chi connectivity index (χ4n) is 2.38. The summed E-state index contributed by atoms with van der Waals surface area (Å²) in [5.74, 6) is -1.97. The number of para-hydroxylation sites is 1. The first-order chi connectivity index (χ1) is 10.1. The van der Waals surface area contributed by atoms with Crippen LogP contribution < -0.4 is 0 Å². The Bertz CT molecular complexity index is 825. The highest BCUT2D eigenvalue weighted by molar-refractivity contribution is 5.88. The molecule has 0 radical (unpaired) electrons. The van der Waals surface area contributed by atoms with Gasteiger partial charge in [0.05, 0.1) is 11.1 Å². The van der Waals surface area contributed by atoms with Crippen LogP contribution in [0, 0.1) is 5.82 Å². The standard InChI is InChI=1S/C17H12FNO2/c18-15-6-5-11(10-14(15)17(20)21)9-12-7-8-19-16-4-2-1-3-13(12)16/h1-8,10H,9H2,(H,20,21). The highest BCUT2D eigenvalue weighted by Crippen LogP contribution is 2.20. The number of pyridine rings is 1. The number of benzene rings is 2. The minimum atomic E-state index is -1.26. The van der Waals surface area contributed by atoms with Crippen LogP contribution in [0.3, 0.4) is 0 Å². The second kappa shape index (κ2) is 5.32. The molecule has 0 aliphatic rings. The summed E-state index contributed by atoms with van der Waals surface area (Å²) in [5, 5.41) is 9.99. The zero-order valence-electron chi connectivity index (χ0n) is 11.1. The number of hydrogen-bond donors (Lipinski definition) is 1. The third-order valence-electron chi connectivity index (χ3n) is 3.40. The molecule has 0 unspecified atom stereocenters. The minimum absolute atomic E-state index is 0.300. The molecule has 1 heterocycles. The Morgan fingerprint density at radius 2 is 1.95 bits per heavy atom. The van der Waals surface area contributed by atoms with Gasteiger partial charge in [-0.25, -0.2) is 9.18 Å². The van der Waals surface area contributed by atoms with Crippen LogP contribution in [0.1, 0.15) is 21.5 Å². The van der Waals surface area contributed by atoms with E-state index in [1.807, 2.05) is 30.3 Å². The lowest BCUT2D eigenvalue weighted by Crippen LogP contribution is -2.02. The molecule has 4 heteroatoms. The van der Waals surface area contributed by atoms with Gasteiger partial charge in [-0.3, -0.25) is 4.98 Å². The van der Waals surface area contributed by atoms with Gasteiger partial charge in [0.15, 0.2) is 0 Å². The zero-order valence-corrected chi connectivity index (χ0v) is 11.1. The van der Waals surface area contributed by atoms with Gasteiger partial charge < -0.3 is 5.11 Å². The van der Waals surface area contributed by atoms with Crippen LogP contribution in [0.2, 0.25) is 0 Å². The smallest absolute Gasteiger partial charge is 0.338 e. The predicted octanol–water partition coefficient (Wildman–Crippen LogP) is 3.66. The number of hydrogen-bond acceptors (Lipinski definition) is 2. The van der Waals surface area contributed by atoms with Crippen LogP contribution in [0.15, 0.2) is 54.7 Å². The van der Waals surface area contributed by atoms with Crippen LogP contribution in [-0.4, -0.2) is 16.1 Å². The SMILES string of the molecule is O=C(O)c1cc(Cc2ccnc3ccccc23)ccc1F. The normalized spacial score (nSPS) is 10.7. The van der Waals surface area contributed by atoms with E-state index in [1.54, 1.807) is 12.3 Å². The van der Waals surface area contributed by atoms with E-state index in [1.165, 1.54) is 12.1 Å². The van der Waals surface area contributed by atoms with Gasteiger partial charge in [0.1, 0.15) is 5.82 Å². The lowest BCUT2D eigenvalue weighted by atomic mass is 10.00. The van der Waals surface area contributed by atoms with E-state index < -0.39 is 11.8 Å². The highest BCUT2D eigenvalue weighted by atomic mass is 19.1. The number of rotatable bonds is 3. The first-order valence-corrected chi connectivity index (χ1v) is 6.49. The van der Waals surface area contributed by atoms with Crippen molar-refractivity contribution in [3.05, 3.63) is 77.2 Å². The lowest BCUT2D eigenvalue weighted by Gasteiger charge is -2.07. The average Bonchev–Trinajstić information content (AvgIpc) is 2.49. The summed E-state index contributed by atoms with van der Waals surface area (Å²) in [6, 6.07) is 13.8. The Labute approximate surface area is 120 Å². The van der Waals surface area contributed by atoms with Gasteiger partial charge in [0, 0.05) is 11.6 Å². The predicted molar refractivity (Wildman–Crippen MR) is 77.9 cm³/mol. The van der Waals surface area contributed by atoms with Crippen molar-refractivity contribution in [3.8, 4) is 0 Å². The Morgan fingerprint density at radius 1 is 1.14 bits per heavy atom. The van der Waals surface area contributed by atoms with E-state index in [2.05, 4.69) is 4.98 Å². The molecular formula is C17H12FNO2. The number of carbonyl (C=O) groups is 1. The van der Waals surface area contributed by atoms with E-state index in [9.17, 15) is 9.18 Å². The number of aromatic nitrogens is 1. The van der Waals surface area contributed by atoms with Crippen LogP contribution in [0.5, 0.6) is 0 Å². The molecule has 2 aromatic carbocycles. The van der Waals surface area contributed by atoms with Crippen molar-refractivity contribution in [2.75, 3.05) is 0 Å². The number of halogens is 1. The molecule has 104 valence electrons. The number of carboxylic acid groups (broad SMARTS) is 1. The van der Waals surface area contributed by atoms with Gasteiger partial charge in [-0.1, -0.05) is 24.3 Å². The van der Waals surface area contributed by atoms with Gasteiger partial charge >= 0.3 is 5.97 Å². The lowest BCUT2D eigenvalue weighted by molar-refractivity contribution is 0.0691. The minimum Gasteiger partial charge on any atom is -0.478 e. The Kier molecular flexibility index (Phi) is 3.36. The van der Waals surface area contributed by atoms with Gasteiger partial charge in [-0.05, 0) is 41.8 Å². The molecule has 0 aliphatic carbocycles. The number of fused-ring (bicyclic) bond motifs is 1. The van der Waals surface area contributed by atoms with Crippen molar-refractivity contribution in [1.82, 2.24) is 4.98 Å². The molecule has 1 N–H and O–H groups in total. The quantitative estimate of drug-likeness (QED) is 0.797. The molecular weight excluding hydrogens is 269 g/mol.